The summed E-state index contributed by atoms with van der Waals surface area (Å²) < 4.78 is 35.7. The first-order valence-corrected chi connectivity index (χ1v) is 5.08. The molecule has 0 aliphatic carbocycles. The second-order valence-electron chi connectivity index (χ2n) is 3.24. The van der Waals surface area contributed by atoms with Crippen LogP contribution in [0.1, 0.15) is 17.6 Å². The van der Waals surface area contributed by atoms with E-state index in [9.17, 15) is 13.6 Å². The molecule has 1 aromatic heterocycles. The van der Waals surface area contributed by atoms with Gasteiger partial charge in [0.05, 0.1) is 12.2 Å². The molecule has 2 rings (SSSR count). The lowest BCUT2D eigenvalue weighted by Gasteiger charge is -1.97. The number of carbonyl (C=O) groups is 1. The highest BCUT2D eigenvalue weighted by Gasteiger charge is 2.20. The number of rotatable bonds is 3. The van der Waals surface area contributed by atoms with Crippen LogP contribution in [-0.2, 0) is 4.74 Å². The van der Waals surface area contributed by atoms with Crippen molar-refractivity contribution in [2.24, 2.45) is 0 Å². The monoisotopic (exact) mass is 254 g/mol. The van der Waals surface area contributed by atoms with E-state index in [1.807, 2.05) is 0 Å². The van der Waals surface area contributed by atoms with Crippen LogP contribution in [0.25, 0.3) is 11.4 Å². The van der Waals surface area contributed by atoms with Crippen molar-refractivity contribution in [1.29, 1.82) is 0 Å². The highest BCUT2D eigenvalue weighted by Crippen LogP contribution is 2.21. The molecule has 2 aromatic rings. The maximum Gasteiger partial charge on any atom is 0.397 e. The zero-order chi connectivity index (χ0) is 13.1. The van der Waals surface area contributed by atoms with Gasteiger partial charge in [0.1, 0.15) is 0 Å². The summed E-state index contributed by atoms with van der Waals surface area (Å²) in [5.74, 6) is -3.57. The predicted molar refractivity (Wildman–Crippen MR) is 55.6 cm³/mol. The molecular formula is C11H8F2N2O3. The quantitative estimate of drug-likeness (QED) is 0.785. The van der Waals surface area contributed by atoms with Gasteiger partial charge in [0.2, 0.25) is 5.82 Å². The molecule has 18 heavy (non-hydrogen) atoms. The van der Waals surface area contributed by atoms with Gasteiger partial charge in [-0.1, -0.05) is 11.2 Å². The molecule has 0 radical (unpaired) electrons. The molecule has 1 heterocycles. The Morgan fingerprint density at radius 2 is 2.22 bits per heavy atom. The fourth-order valence-electron chi connectivity index (χ4n) is 1.29. The molecule has 5 nitrogen and oxygen atoms in total. The maximum absolute atomic E-state index is 13.4. The van der Waals surface area contributed by atoms with Gasteiger partial charge in [-0.05, 0) is 19.1 Å². The Kier molecular flexibility index (Phi) is 3.31. The first-order chi connectivity index (χ1) is 8.63. The Morgan fingerprint density at radius 1 is 1.44 bits per heavy atom. The van der Waals surface area contributed by atoms with Gasteiger partial charge in [0.25, 0.3) is 0 Å². The van der Waals surface area contributed by atoms with E-state index in [0.29, 0.717) is 0 Å². The summed E-state index contributed by atoms with van der Waals surface area (Å²) in [6.07, 6.45) is 0. The number of esters is 1. The third-order valence-electron chi connectivity index (χ3n) is 2.07. The van der Waals surface area contributed by atoms with Gasteiger partial charge < -0.3 is 9.26 Å². The number of halogens is 2. The Hall–Kier alpha value is -2.31. The molecule has 0 amide bonds. The van der Waals surface area contributed by atoms with Gasteiger partial charge >= 0.3 is 11.9 Å². The van der Waals surface area contributed by atoms with Crippen LogP contribution >= 0.6 is 0 Å². The zero-order valence-corrected chi connectivity index (χ0v) is 9.31. The van der Waals surface area contributed by atoms with E-state index in [1.54, 1.807) is 6.92 Å². The van der Waals surface area contributed by atoms with Crippen molar-refractivity contribution in [2.75, 3.05) is 6.61 Å². The van der Waals surface area contributed by atoms with Crippen LogP contribution in [0, 0.1) is 11.6 Å². The van der Waals surface area contributed by atoms with Crippen molar-refractivity contribution in [2.45, 2.75) is 6.92 Å². The summed E-state index contributed by atoms with van der Waals surface area (Å²) in [6, 6.07) is 3.54. The molecule has 1 aromatic carbocycles. The standard InChI is InChI=1S/C11H8F2N2O3/c1-2-17-11(16)10-14-9(15-18-10)6-4-3-5-7(12)8(6)13/h3-5H,2H2,1H3. The SMILES string of the molecule is CCOC(=O)c1nc(-c2cccc(F)c2F)no1. The van der Waals surface area contributed by atoms with Gasteiger partial charge in [0, 0.05) is 0 Å². The zero-order valence-electron chi connectivity index (χ0n) is 9.31. The van der Waals surface area contributed by atoms with E-state index < -0.39 is 23.5 Å². The molecule has 0 aliphatic rings. The highest BCUT2D eigenvalue weighted by molar-refractivity contribution is 5.84. The number of ether oxygens (including phenoxy) is 1. The molecule has 0 N–H and O–H groups in total. The first kappa shape index (κ1) is 12.2. The van der Waals surface area contributed by atoms with Crippen LogP contribution in [0.3, 0.4) is 0 Å². The number of nitrogens with zero attached hydrogens (tertiary/aromatic N) is 2. The fourth-order valence-corrected chi connectivity index (χ4v) is 1.29. The number of aromatic nitrogens is 2. The smallest absolute Gasteiger partial charge is 0.397 e. The molecule has 0 fully saturated rings. The van der Waals surface area contributed by atoms with Crippen LogP contribution in [0.2, 0.25) is 0 Å². The Labute approximate surface area is 100 Å². The third-order valence-corrected chi connectivity index (χ3v) is 2.07. The van der Waals surface area contributed by atoms with Crippen LogP contribution in [0.5, 0.6) is 0 Å². The van der Waals surface area contributed by atoms with Crippen molar-refractivity contribution >= 4 is 5.97 Å². The van der Waals surface area contributed by atoms with Crippen molar-refractivity contribution < 1.29 is 22.8 Å². The Morgan fingerprint density at radius 3 is 2.94 bits per heavy atom. The minimum atomic E-state index is -1.10. The first-order valence-electron chi connectivity index (χ1n) is 5.08. The van der Waals surface area contributed by atoms with Crippen LogP contribution in [-0.4, -0.2) is 22.7 Å². The fraction of sp³-hybridized carbons (Fsp3) is 0.182. The minimum absolute atomic E-state index is 0.144. The number of hydrogen-bond acceptors (Lipinski definition) is 5. The molecule has 0 aliphatic heterocycles. The molecule has 0 spiro atoms. The Bertz CT molecular complexity index is 583. The topological polar surface area (TPSA) is 65.2 Å². The van der Waals surface area contributed by atoms with E-state index in [4.69, 9.17) is 0 Å². The van der Waals surface area contributed by atoms with Crippen LogP contribution in [0.15, 0.2) is 22.7 Å². The van der Waals surface area contributed by atoms with E-state index in [-0.39, 0.29) is 18.0 Å². The predicted octanol–water partition coefficient (Wildman–Crippen LogP) is 2.19. The molecule has 0 saturated heterocycles. The largest absolute Gasteiger partial charge is 0.459 e. The molecule has 0 saturated carbocycles. The summed E-state index contributed by atoms with van der Waals surface area (Å²) in [4.78, 5) is 14.9. The lowest BCUT2D eigenvalue weighted by Crippen LogP contribution is -2.04. The number of carbonyl (C=O) groups excluding carboxylic acids is 1. The lowest BCUT2D eigenvalue weighted by atomic mass is 10.2. The summed E-state index contributed by atoms with van der Waals surface area (Å²) in [7, 11) is 0. The maximum atomic E-state index is 13.4. The van der Waals surface area contributed by atoms with Gasteiger partial charge in [-0.3, -0.25) is 0 Å². The number of hydrogen-bond donors (Lipinski definition) is 0. The third kappa shape index (κ3) is 2.20. The van der Waals surface area contributed by atoms with Gasteiger partial charge in [-0.25, -0.2) is 13.6 Å². The van der Waals surface area contributed by atoms with E-state index >= 15 is 0 Å². The minimum Gasteiger partial charge on any atom is -0.459 e. The van der Waals surface area contributed by atoms with E-state index in [2.05, 4.69) is 19.4 Å². The van der Waals surface area contributed by atoms with Crippen LogP contribution < -0.4 is 0 Å². The average Bonchev–Trinajstić information content (AvgIpc) is 2.82. The molecule has 0 bridgehead atoms. The van der Waals surface area contributed by atoms with E-state index in [0.717, 1.165) is 6.07 Å². The Balaban J connectivity index is 2.35. The van der Waals surface area contributed by atoms with Gasteiger partial charge in [-0.2, -0.15) is 4.98 Å². The molecule has 94 valence electrons. The number of benzene rings is 1. The van der Waals surface area contributed by atoms with Crippen molar-refractivity contribution in [3.63, 3.8) is 0 Å². The van der Waals surface area contributed by atoms with Crippen molar-refractivity contribution in [1.82, 2.24) is 10.1 Å². The summed E-state index contributed by atoms with van der Waals surface area (Å²) >= 11 is 0. The molecule has 0 unspecified atom stereocenters. The molecule has 0 atom stereocenters. The molecular weight excluding hydrogens is 246 g/mol. The lowest BCUT2D eigenvalue weighted by molar-refractivity contribution is 0.0470. The van der Waals surface area contributed by atoms with Gasteiger partial charge in [-0.15, -0.1) is 0 Å². The summed E-state index contributed by atoms with van der Waals surface area (Å²) in [6.45, 7) is 1.76. The highest BCUT2D eigenvalue weighted by atomic mass is 19.2. The average molecular weight is 254 g/mol. The van der Waals surface area contributed by atoms with E-state index in [1.165, 1.54) is 12.1 Å². The summed E-state index contributed by atoms with van der Waals surface area (Å²) in [5.41, 5.74) is -0.186. The van der Waals surface area contributed by atoms with Gasteiger partial charge in [0.15, 0.2) is 11.6 Å². The molecule has 7 heteroatoms. The summed E-state index contributed by atoms with van der Waals surface area (Å²) in [5, 5.41) is 3.40. The second-order valence-corrected chi connectivity index (χ2v) is 3.24. The van der Waals surface area contributed by atoms with Crippen molar-refractivity contribution in [3.05, 3.63) is 35.7 Å². The normalized spacial score (nSPS) is 10.4. The van der Waals surface area contributed by atoms with Crippen molar-refractivity contribution in [3.8, 4) is 11.4 Å². The second kappa shape index (κ2) is 4.91. The van der Waals surface area contributed by atoms with Crippen LogP contribution in [0.4, 0.5) is 8.78 Å².